The molecule has 2 atom stereocenters. The summed E-state index contributed by atoms with van der Waals surface area (Å²) in [6.45, 7) is 0. The number of aromatic nitrogens is 1. The summed E-state index contributed by atoms with van der Waals surface area (Å²) in [5.41, 5.74) is 6.79. The van der Waals surface area contributed by atoms with E-state index in [9.17, 15) is 4.79 Å². The second-order valence-corrected chi connectivity index (χ2v) is 5.52. The van der Waals surface area contributed by atoms with E-state index >= 15 is 0 Å². The predicted octanol–water partition coefficient (Wildman–Crippen LogP) is 2.69. The van der Waals surface area contributed by atoms with Gasteiger partial charge in [-0.2, -0.15) is 0 Å². The van der Waals surface area contributed by atoms with Gasteiger partial charge in [0.1, 0.15) is 0 Å². The molecule has 0 spiro atoms. The van der Waals surface area contributed by atoms with Crippen molar-refractivity contribution in [2.45, 2.75) is 31.7 Å². The third-order valence-corrected chi connectivity index (χ3v) is 4.03. The summed E-state index contributed by atoms with van der Waals surface area (Å²) in [6.07, 6.45) is 7.33. The molecular formula is C16H19N3O. The average molecular weight is 269 g/mol. The molecule has 3 rings (SSSR count). The number of carbonyl (C=O) groups is 1. The molecule has 3 N–H and O–H groups in total. The Balaban J connectivity index is 1.80. The Morgan fingerprint density at radius 1 is 1.30 bits per heavy atom. The SMILES string of the molecule is NC1CCCC(C(=O)Nc2cccc3ccncc23)C1. The Labute approximate surface area is 118 Å². The molecule has 20 heavy (non-hydrogen) atoms. The minimum absolute atomic E-state index is 0.0330. The van der Waals surface area contributed by atoms with E-state index in [1.54, 1.807) is 12.4 Å². The van der Waals surface area contributed by atoms with Crippen molar-refractivity contribution in [2.24, 2.45) is 11.7 Å². The number of rotatable bonds is 2. The van der Waals surface area contributed by atoms with Crippen LogP contribution in [0.3, 0.4) is 0 Å². The zero-order valence-corrected chi connectivity index (χ0v) is 11.4. The minimum atomic E-state index is 0.0330. The van der Waals surface area contributed by atoms with Crippen LogP contribution in [-0.2, 0) is 4.79 Å². The monoisotopic (exact) mass is 269 g/mol. The smallest absolute Gasteiger partial charge is 0.227 e. The molecular weight excluding hydrogens is 250 g/mol. The van der Waals surface area contributed by atoms with Gasteiger partial charge in [0.15, 0.2) is 0 Å². The lowest BCUT2D eigenvalue weighted by molar-refractivity contribution is -0.120. The maximum atomic E-state index is 12.4. The van der Waals surface area contributed by atoms with Crippen LogP contribution in [0.15, 0.2) is 36.7 Å². The number of hydrogen-bond donors (Lipinski definition) is 2. The zero-order valence-electron chi connectivity index (χ0n) is 11.4. The lowest BCUT2D eigenvalue weighted by Crippen LogP contribution is -2.34. The van der Waals surface area contributed by atoms with E-state index < -0.39 is 0 Å². The van der Waals surface area contributed by atoms with Gasteiger partial charge in [-0.15, -0.1) is 0 Å². The molecule has 1 heterocycles. The van der Waals surface area contributed by atoms with Crippen LogP contribution in [0.1, 0.15) is 25.7 Å². The van der Waals surface area contributed by atoms with Crippen molar-refractivity contribution in [3.05, 3.63) is 36.7 Å². The standard InChI is InChI=1S/C16H19N3O/c17-13-5-1-4-12(9-13)16(20)19-15-6-2-3-11-7-8-18-10-14(11)15/h2-3,6-8,10,12-13H,1,4-5,9,17H2,(H,19,20). The van der Waals surface area contributed by atoms with Gasteiger partial charge in [0.25, 0.3) is 0 Å². The van der Waals surface area contributed by atoms with Crippen LogP contribution < -0.4 is 11.1 Å². The first-order valence-electron chi connectivity index (χ1n) is 7.13. The van der Waals surface area contributed by atoms with Crippen molar-refractivity contribution in [3.63, 3.8) is 0 Å². The molecule has 0 radical (unpaired) electrons. The van der Waals surface area contributed by atoms with Crippen molar-refractivity contribution in [3.8, 4) is 0 Å². The van der Waals surface area contributed by atoms with Crippen LogP contribution in [0.25, 0.3) is 10.8 Å². The van der Waals surface area contributed by atoms with Crippen LogP contribution >= 0.6 is 0 Å². The van der Waals surface area contributed by atoms with E-state index in [0.29, 0.717) is 0 Å². The van der Waals surface area contributed by atoms with Crippen LogP contribution in [-0.4, -0.2) is 16.9 Å². The average Bonchev–Trinajstić information content (AvgIpc) is 2.47. The summed E-state index contributed by atoms with van der Waals surface area (Å²) in [5, 5.41) is 5.10. The van der Waals surface area contributed by atoms with Crippen molar-refractivity contribution >= 4 is 22.4 Å². The Morgan fingerprint density at radius 2 is 2.20 bits per heavy atom. The second-order valence-electron chi connectivity index (χ2n) is 5.52. The number of anilines is 1. The first-order chi connectivity index (χ1) is 9.74. The molecule has 0 aliphatic heterocycles. The Kier molecular flexibility index (Phi) is 3.65. The molecule has 0 saturated heterocycles. The molecule has 4 nitrogen and oxygen atoms in total. The molecule has 1 aromatic heterocycles. The van der Waals surface area contributed by atoms with E-state index in [2.05, 4.69) is 10.3 Å². The molecule has 1 aromatic carbocycles. The van der Waals surface area contributed by atoms with Crippen molar-refractivity contribution < 1.29 is 4.79 Å². The molecule has 0 bridgehead atoms. The number of carbonyl (C=O) groups excluding carboxylic acids is 1. The second kappa shape index (κ2) is 5.59. The summed E-state index contributed by atoms with van der Waals surface area (Å²) in [4.78, 5) is 16.5. The lowest BCUT2D eigenvalue weighted by atomic mass is 9.85. The molecule has 4 heteroatoms. The predicted molar refractivity (Wildman–Crippen MR) is 80.3 cm³/mol. The highest BCUT2D eigenvalue weighted by atomic mass is 16.1. The van der Waals surface area contributed by atoms with E-state index in [0.717, 1.165) is 42.1 Å². The fourth-order valence-corrected chi connectivity index (χ4v) is 2.92. The van der Waals surface area contributed by atoms with Crippen LogP contribution in [0, 0.1) is 5.92 Å². The van der Waals surface area contributed by atoms with E-state index in [1.165, 1.54) is 0 Å². The van der Waals surface area contributed by atoms with Crippen molar-refractivity contribution in [2.75, 3.05) is 5.32 Å². The number of amides is 1. The maximum Gasteiger partial charge on any atom is 0.227 e. The van der Waals surface area contributed by atoms with Gasteiger partial charge in [0.2, 0.25) is 5.91 Å². The highest BCUT2D eigenvalue weighted by Gasteiger charge is 2.25. The fraction of sp³-hybridized carbons (Fsp3) is 0.375. The quantitative estimate of drug-likeness (QED) is 0.880. The fourth-order valence-electron chi connectivity index (χ4n) is 2.92. The zero-order chi connectivity index (χ0) is 13.9. The van der Waals surface area contributed by atoms with Crippen LogP contribution in [0.4, 0.5) is 5.69 Å². The van der Waals surface area contributed by atoms with Crippen molar-refractivity contribution in [1.29, 1.82) is 0 Å². The van der Waals surface area contributed by atoms with Gasteiger partial charge < -0.3 is 11.1 Å². The molecule has 1 fully saturated rings. The largest absolute Gasteiger partial charge is 0.328 e. The first kappa shape index (κ1) is 13.1. The Bertz CT molecular complexity index is 621. The summed E-state index contributed by atoms with van der Waals surface area (Å²) in [7, 11) is 0. The third kappa shape index (κ3) is 2.65. The number of hydrogen-bond acceptors (Lipinski definition) is 3. The van der Waals surface area contributed by atoms with Gasteiger partial charge in [-0.05, 0) is 36.8 Å². The van der Waals surface area contributed by atoms with Gasteiger partial charge in [0, 0.05) is 29.7 Å². The summed E-state index contributed by atoms with van der Waals surface area (Å²) in [6, 6.07) is 7.99. The van der Waals surface area contributed by atoms with Crippen LogP contribution in [0.2, 0.25) is 0 Å². The number of pyridine rings is 1. The Hall–Kier alpha value is -1.94. The lowest BCUT2D eigenvalue weighted by Gasteiger charge is -2.25. The Morgan fingerprint density at radius 3 is 3.05 bits per heavy atom. The van der Waals surface area contributed by atoms with Crippen LogP contribution in [0.5, 0.6) is 0 Å². The summed E-state index contributed by atoms with van der Waals surface area (Å²) >= 11 is 0. The minimum Gasteiger partial charge on any atom is -0.328 e. The van der Waals surface area contributed by atoms with E-state index in [-0.39, 0.29) is 17.9 Å². The van der Waals surface area contributed by atoms with Gasteiger partial charge in [-0.25, -0.2) is 0 Å². The highest BCUT2D eigenvalue weighted by Crippen LogP contribution is 2.27. The normalized spacial score (nSPS) is 22.6. The van der Waals surface area contributed by atoms with Gasteiger partial charge in [0.05, 0.1) is 5.69 Å². The molecule has 2 aromatic rings. The van der Waals surface area contributed by atoms with Gasteiger partial charge in [-0.1, -0.05) is 18.6 Å². The molecule has 104 valence electrons. The third-order valence-electron chi connectivity index (χ3n) is 4.03. The number of nitrogens with two attached hydrogens (primary N) is 1. The van der Waals surface area contributed by atoms with Crippen molar-refractivity contribution in [1.82, 2.24) is 4.98 Å². The topological polar surface area (TPSA) is 68.0 Å². The molecule has 1 saturated carbocycles. The molecule has 1 amide bonds. The summed E-state index contributed by atoms with van der Waals surface area (Å²) < 4.78 is 0. The summed E-state index contributed by atoms with van der Waals surface area (Å²) in [5.74, 6) is 0.113. The first-order valence-corrected chi connectivity index (χ1v) is 7.13. The molecule has 2 unspecified atom stereocenters. The number of fused-ring (bicyclic) bond motifs is 1. The van der Waals surface area contributed by atoms with Gasteiger partial charge >= 0.3 is 0 Å². The molecule has 1 aliphatic rings. The number of benzene rings is 1. The molecule has 1 aliphatic carbocycles. The number of nitrogens with zero attached hydrogens (tertiary/aromatic N) is 1. The number of nitrogens with one attached hydrogen (secondary N) is 1. The van der Waals surface area contributed by atoms with E-state index in [4.69, 9.17) is 5.73 Å². The van der Waals surface area contributed by atoms with E-state index in [1.807, 2.05) is 24.3 Å². The van der Waals surface area contributed by atoms with Gasteiger partial charge in [-0.3, -0.25) is 9.78 Å². The maximum absolute atomic E-state index is 12.4. The highest BCUT2D eigenvalue weighted by molar-refractivity contribution is 6.02.